The highest BCUT2D eigenvalue weighted by Gasteiger charge is 2.11. The van der Waals surface area contributed by atoms with Gasteiger partial charge in [-0.05, 0) is 31.0 Å². The monoisotopic (exact) mass is 459 g/mol. The van der Waals surface area contributed by atoms with Gasteiger partial charge in [-0.25, -0.2) is 0 Å². The van der Waals surface area contributed by atoms with Crippen molar-refractivity contribution in [3.63, 3.8) is 0 Å². The normalized spacial score (nSPS) is 10.9. The van der Waals surface area contributed by atoms with Gasteiger partial charge in [-0.2, -0.15) is 0 Å². The number of amides is 1. The number of aliphatic imine (C=N–C) groups is 1. The Morgan fingerprint density at radius 3 is 2.60 bits per heavy atom. The molecule has 0 radical (unpaired) electrons. The van der Waals surface area contributed by atoms with Gasteiger partial charge in [0.05, 0.1) is 6.26 Å². The number of nitrogens with zero attached hydrogens (tertiary/aromatic N) is 2. The topological polar surface area (TPSA) is 83.6 Å². The van der Waals surface area contributed by atoms with Crippen LogP contribution in [0.1, 0.15) is 28.1 Å². The molecule has 25 heavy (non-hydrogen) atoms. The lowest BCUT2D eigenvalue weighted by Crippen LogP contribution is -2.38. The smallest absolute Gasteiger partial charge is 0.287 e. The van der Waals surface area contributed by atoms with Crippen LogP contribution in [0.5, 0.6) is 0 Å². The van der Waals surface area contributed by atoms with Crippen molar-refractivity contribution in [2.75, 3.05) is 20.1 Å². The Balaban J connectivity index is 0.00000312. The number of hydrogen-bond donors (Lipinski definition) is 3. The largest absolute Gasteiger partial charge is 0.459 e. The van der Waals surface area contributed by atoms with Crippen molar-refractivity contribution < 1.29 is 9.21 Å². The zero-order chi connectivity index (χ0) is 17.4. The van der Waals surface area contributed by atoms with Crippen LogP contribution in [-0.4, -0.2) is 36.6 Å². The fourth-order valence-corrected chi connectivity index (χ4v) is 2.25. The molecule has 0 atom stereocenters. The number of aryl methyl sites for hydroxylation is 2. The van der Waals surface area contributed by atoms with E-state index < -0.39 is 0 Å². The summed E-state index contributed by atoms with van der Waals surface area (Å²) in [7, 11) is 3.73. The first-order chi connectivity index (χ1) is 11.6. The predicted molar refractivity (Wildman–Crippen MR) is 109 cm³/mol. The highest BCUT2D eigenvalue weighted by molar-refractivity contribution is 14.0. The lowest BCUT2D eigenvalue weighted by atomic mass is 10.2. The van der Waals surface area contributed by atoms with E-state index in [0.29, 0.717) is 18.8 Å². The van der Waals surface area contributed by atoms with Crippen molar-refractivity contribution in [1.29, 1.82) is 0 Å². The van der Waals surface area contributed by atoms with Crippen molar-refractivity contribution in [3.05, 3.63) is 47.7 Å². The van der Waals surface area contributed by atoms with Crippen LogP contribution in [0.3, 0.4) is 0 Å². The predicted octanol–water partition coefficient (Wildman–Crippen LogP) is 2.03. The Morgan fingerprint density at radius 2 is 2.00 bits per heavy atom. The summed E-state index contributed by atoms with van der Waals surface area (Å²) in [4.78, 5) is 16.1. The maximum Gasteiger partial charge on any atom is 0.287 e. The molecule has 2 aromatic heterocycles. The SMILES string of the molecule is CN=C(NCCCNC(=O)c1occc1C)NCc1ccn(C)c1.I. The first kappa shape index (κ1) is 21.1. The summed E-state index contributed by atoms with van der Waals surface area (Å²) in [5.41, 5.74) is 2.04. The Hall–Kier alpha value is -1.97. The molecular formula is C17H26IN5O2. The molecule has 2 aromatic rings. The number of rotatable bonds is 7. The number of furan rings is 1. The molecule has 0 bridgehead atoms. The van der Waals surface area contributed by atoms with E-state index in [2.05, 4.69) is 33.2 Å². The second-order valence-corrected chi connectivity index (χ2v) is 5.58. The molecule has 0 aliphatic rings. The van der Waals surface area contributed by atoms with Gasteiger partial charge < -0.3 is 24.9 Å². The third kappa shape index (κ3) is 6.81. The van der Waals surface area contributed by atoms with Crippen LogP contribution in [0.4, 0.5) is 0 Å². The van der Waals surface area contributed by atoms with Gasteiger partial charge in [-0.3, -0.25) is 9.79 Å². The number of carbonyl (C=O) groups is 1. The zero-order valence-electron chi connectivity index (χ0n) is 14.8. The number of carbonyl (C=O) groups excluding carboxylic acids is 1. The average Bonchev–Trinajstić information content (AvgIpc) is 3.18. The molecule has 0 unspecified atom stereocenters. The Morgan fingerprint density at radius 1 is 1.24 bits per heavy atom. The first-order valence-electron chi connectivity index (χ1n) is 7.98. The van der Waals surface area contributed by atoms with Crippen molar-refractivity contribution in [3.8, 4) is 0 Å². The Bertz CT molecular complexity index is 693. The molecule has 0 spiro atoms. The summed E-state index contributed by atoms with van der Waals surface area (Å²) in [5, 5.41) is 9.32. The summed E-state index contributed by atoms with van der Waals surface area (Å²) in [5.74, 6) is 0.944. The van der Waals surface area contributed by atoms with Crippen LogP contribution in [0.25, 0.3) is 0 Å². The van der Waals surface area contributed by atoms with Gasteiger partial charge in [0.15, 0.2) is 11.7 Å². The summed E-state index contributed by atoms with van der Waals surface area (Å²) in [6.07, 6.45) is 6.38. The summed E-state index contributed by atoms with van der Waals surface area (Å²) < 4.78 is 7.17. The lowest BCUT2D eigenvalue weighted by molar-refractivity contribution is 0.0925. The highest BCUT2D eigenvalue weighted by Crippen LogP contribution is 2.07. The van der Waals surface area contributed by atoms with E-state index >= 15 is 0 Å². The maximum atomic E-state index is 11.9. The zero-order valence-corrected chi connectivity index (χ0v) is 17.2. The molecule has 2 rings (SSSR count). The van der Waals surface area contributed by atoms with E-state index in [1.54, 1.807) is 13.1 Å². The molecule has 0 aliphatic heterocycles. The van der Waals surface area contributed by atoms with Gasteiger partial charge in [0.25, 0.3) is 5.91 Å². The van der Waals surface area contributed by atoms with Crippen LogP contribution in [0.2, 0.25) is 0 Å². The minimum absolute atomic E-state index is 0. The van der Waals surface area contributed by atoms with Gasteiger partial charge in [0, 0.05) is 51.7 Å². The second-order valence-electron chi connectivity index (χ2n) is 5.58. The molecule has 7 nitrogen and oxygen atoms in total. The van der Waals surface area contributed by atoms with Gasteiger partial charge in [0.2, 0.25) is 0 Å². The van der Waals surface area contributed by atoms with Crippen LogP contribution < -0.4 is 16.0 Å². The van der Waals surface area contributed by atoms with Crippen molar-refractivity contribution in [2.45, 2.75) is 19.9 Å². The minimum Gasteiger partial charge on any atom is -0.459 e. The van der Waals surface area contributed by atoms with E-state index in [4.69, 9.17) is 4.42 Å². The summed E-state index contributed by atoms with van der Waals surface area (Å²) >= 11 is 0. The summed E-state index contributed by atoms with van der Waals surface area (Å²) in [6.45, 7) is 3.85. The van der Waals surface area contributed by atoms with Crippen molar-refractivity contribution in [1.82, 2.24) is 20.5 Å². The molecule has 2 heterocycles. The van der Waals surface area contributed by atoms with E-state index in [-0.39, 0.29) is 29.9 Å². The molecule has 8 heteroatoms. The number of halogens is 1. The first-order valence-corrected chi connectivity index (χ1v) is 7.98. The van der Waals surface area contributed by atoms with Crippen LogP contribution in [0, 0.1) is 6.92 Å². The molecule has 0 aliphatic carbocycles. The molecule has 138 valence electrons. The second kappa shape index (κ2) is 10.8. The van der Waals surface area contributed by atoms with Gasteiger partial charge in [-0.15, -0.1) is 24.0 Å². The van der Waals surface area contributed by atoms with E-state index in [1.165, 1.54) is 11.8 Å². The van der Waals surface area contributed by atoms with E-state index in [9.17, 15) is 4.79 Å². The third-order valence-corrected chi connectivity index (χ3v) is 3.58. The highest BCUT2D eigenvalue weighted by atomic mass is 127. The minimum atomic E-state index is -0.177. The number of nitrogens with one attached hydrogen (secondary N) is 3. The van der Waals surface area contributed by atoms with Crippen molar-refractivity contribution in [2.24, 2.45) is 12.0 Å². The molecule has 0 aromatic carbocycles. The maximum absolute atomic E-state index is 11.9. The Labute approximate surface area is 165 Å². The molecule has 0 fully saturated rings. The van der Waals surface area contributed by atoms with Crippen LogP contribution in [0.15, 0.2) is 40.2 Å². The lowest BCUT2D eigenvalue weighted by Gasteiger charge is -2.11. The quantitative estimate of drug-likeness (QED) is 0.256. The van der Waals surface area contributed by atoms with Crippen LogP contribution >= 0.6 is 24.0 Å². The standard InChI is InChI=1S/C17H25N5O2.HI/c1-13-6-10-24-15(13)16(23)19-7-4-8-20-17(18-2)21-11-14-5-9-22(3)12-14;/h5-6,9-10,12H,4,7-8,11H2,1-3H3,(H,19,23)(H2,18,20,21);1H. The van der Waals surface area contributed by atoms with Gasteiger partial charge in [-0.1, -0.05) is 0 Å². The van der Waals surface area contributed by atoms with E-state index in [0.717, 1.165) is 24.5 Å². The number of aromatic nitrogens is 1. The fourth-order valence-electron chi connectivity index (χ4n) is 2.25. The summed E-state index contributed by atoms with van der Waals surface area (Å²) in [6, 6.07) is 3.84. The number of guanidine groups is 1. The molecule has 1 amide bonds. The molecule has 0 saturated carbocycles. The van der Waals surface area contributed by atoms with Crippen molar-refractivity contribution >= 4 is 35.8 Å². The number of hydrogen-bond acceptors (Lipinski definition) is 3. The molecule has 3 N–H and O–H groups in total. The van der Waals surface area contributed by atoms with Gasteiger partial charge in [0.1, 0.15) is 0 Å². The van der Waals surface area contributed by atoms with Gasteiger partial charge >= 0.3 is 0 Å². The third-order valence-electron chi connectivity index (χ3n) is 3.58. The average molecular weight is 459 g/mol. The van der Waals surface area contributed by atoms with E-state index in [1.807, 2.05) is 24.7 Å². The molecule has 0 saturated heterocycles. The fraction of sp³-hybridized carbons (Fsp3) is 0.412. The Kier molecular flexibility index (Phi) is 9.11. The molecular weight excluding hydrogens is 433 g/mol. The van der Waals surface area contributed by atoms with Crippen LogP contribution in [-0.2, 0) is 13.6 Å².